The van der Waals surface area contributed by atoms with Gasteiger partial charge in [-0.05, 0) is 48.7 Å². The molecular formula is C20H18N2O3. The summed E-state index contributed by atoms with van der Waals surface area (Å²) in [6, 6.07) is 15.2. The molecule has 2 aromatic heterocycles. The van der Waals surface area contributed by atoms with Gasteiger partial charge < -0.3 is 14.5 Å². The summed E-state index contributed by atoms with van der Waals surface area (Å²) in [6.07, 6.45) is 3.69. The third-order valence-electron chi connectivity index (χ3n) is 4.41. The molecule has 0 spiro atoms. The maximum absolute atomic E-state index is 12.8. The van der Waals surface area contributed by atoms with Crippen molar-refractivity contribution in [2.45, 2.75) is 18.9 Å². The number of nitrogens with zero attached hydrogens (tertiary/aromatic N) is 1. The van der Waals surface area contributed by atoms with Crippen molar-refractivity contribution in [1.82, 2.24) is 9.72 Å². The second-order valence-corrected chi connectivity index (χ2v) is 6.21. The highest BCUT2D eigenvalue weighted by Crippen LogP contribution is 2.30. The molecule has 1 saturated carbocycles. The Morgan fingerprint density at radius 1 is 1.12 bits per heavy atom. The fourth-order valence-electron chi connectivity index (χ4n) is 2.93. The topological polar surface area (TPSA) is 59.8 Å². The number of ketones is 1. The molecule has 1 aromatic carbocycles. The number of benzene rings is 1. The number of hydrogen-bond acceptors (Lipinski definition) is 3. The summed E-state index contributed by atoms with van der Waals surface area (Å²) in [5.74, 6) is -0.308. The molecule has 0 bridgehead atoms. The summed E-state index contributed by atoms with van der Waals surface area (Å²) < 4.78 is 6.97. The lowest BCUT2D eigenvalue weighted by molar-refractivity contribution is -0.117. The van der Waals surface area contributed by atoms with Gasteiger partial charge in [0.1, 0.15) is 11.4 Å². The van der Waals surface area contributed by atoms with Crippen molar-refractivity contribution in [3.8, 4) is 16.9 Å². The molecule has 1 N–H and O–H groups in total. The Hall–Kier alpha value is -3.08. The van der Waals surface area contributed by atoms with E-state index >= 15 is 0 Å². The number of ether oxygens (including phenoxy) is 1. The number of fused-ring (bicyclic) bond motifs is 1. The number of aromatic nitrogens is 1. The number of methoxy groups -OCH3 is 1. The zero-order valence-corrected chi connectivity index (χ0v) is 13.9. The lowest BCUT2D eigenvalue weighted by atomic mass is 10.0. The molecule has 1 amide bonds. The second kappa shape index (κ2) is 6.09. The van der Waals surface area contributed by atoms with Crippen molar-refractivity contribution in [2.75, 3.05) is 7.11 Å². The van der Waals surface area contributed by atoms with Crippen LogP contribution in [0.4, 0.5) is 0 Å². The van der Waals surface area contributed by atoms with E-state index in [2.05, 4.69) is 5.32 Å². The summed E-state index contributed by atoms with van der Waals surface area (Å²) in [6.45, 7) is 0. The monoisotopic (exact) mass is 334 g/mol. The van der Waals surface area contributed by atoms with Gasteiger partial charge in [0.05, 0.1) is 7.11 Å². The molecular weight excluding hydrogens is 316 g/mol. The molecule has 3 aromatic rings. The summed E-state index contributed by atoms with van der Waals surface area (Å²) >= 11 is 0. The molecule has 1 aliphatic carbocycles. The van der Waals surface area contributed by atoms with Gasteiger partial charge in [-0.2, -0.15) is 0 Å². The molecule has 0 unspecified atom stereocenters. The molecule has 5 nitrogen and oxygen atoms in total. The van der Waals surface area contributed by atoms with Gasteiger partial charge in [-0.15, -0.1) is 0 Å². The van der Waals surface area contributed by atoms with E-state index in [4.69, 9.17) is 4.74 Å². The van der Waals surface area contributed by atoms with Crippen LogP contribution in [0.2, 0.25) is 0 Å². The Labute approximate surface area is 145 Å². The number of rotatable bonds is 5. The van der Waals surface area contributed by atoms with Crippen LogP contribution in [0, 0.1) is 0 Å². The van der Waals surface area contributed by atoms with Gasteiger partial charge in [0, 0.05) is 23.3 Å². The van der Waals surface area contributed by atoms with E-state index in [1.54, 1.807) is 17.7 Å². The van der Waals surface area contributed by atoms with Crippen molar-refractivity contribution < 1.29 is 14.3 Å². The number of nitrogens with one attached hydrogen (secondary N) is 1. The highest BCUT2D eigenvalue weighted by molar-refractivity contribution is 6.43. The summed E-state index contributed by atoms with van der Waals surface area (Å²) in [5, 5.41) is 2.78. The van der Waals surface area contributed by atoms with Crippen LogP contribution in [0.3, 0.4) is 0 Å². The molecule has 1 fully saturated rings. The van der Waals surface area contributed by atoms with Crippen molar-refractivity contribution in [2.24, 2.45) is 0 Å². The van der Waals surface area contributed by atoms with Gasteiger partial charge in [0.15, 0.2) is 0 Å². The fraction of sp³-hybridized carbons (Fsp3) is 0.200. The smallest absolute Gasteiger partial charge is 0.294 e. The lowest BCUT2D eigenvalue weighted by Gasteiger charge is -2.07. The first-order valence-electron chi connectivity index (χ1n) is 8.27. The quantitative estimate of drug-likeness (QED) is 0.576. The number of Topliss-reactive ketones (excluding diaryl/α,β-unsaturated/α-hetero) is 1. The van der Waals surface area contributed by atoms with Gasteiger partial charge in [-0.25, -0.2) is 0 Å². The zero-order chi connectivity index (χ0) is 17.4. The first-order valence-corrected chi connectivity index (χ1v) is 8.27. The van der Waals surface area contributed by atoms with Crippen LogP contribution in [0.5, 0.6) is 5.75 Å². The molecule has 1 aliphatic rings. The largest absolute Gasteiger partial charge is 0.497 e. The first kappa shape index (κ1) is 15.4. The standard InChI is InChI=1S/C20H18N2O3/c1-25-16-9-5-13(6-10-16)17-12-15-4-2-3-11-22(15)18(17)19(23)20(24)21-14-7-8-14/h2-6,9-12,14H,7-8H2,1H3,(H,21,24). The lowest BCUT2D eigenvalue weighted by Crippen LogP contribution is -2.33. The Bertz CT molecular complexity index is 953. The minimum absolute atomic E-state index is 0.145. The van der Waals surface area contributed by atoms with Crippen LogP contribution in [0.15, 0.2) is 54.7 Å². The van der Waals surface area contributed by atoms with Crippen molar-refractivity contribution in [3.63, 3.8) is 0 Å². The van der Waals surface area contributed by atoms with Crippen molar-refractivity contribution in [3.05, 3.63) is 60.4 Å². The van der Waals surface area contributed by atoms with Gasteiger partial charge in [0.25, 0.3) is 11.7 Å². The van der Waals surface area contributed by atoms with Crippen LogP contribution in [0.25, 0.3) is 16.6 Å². The first-order chi connectivity index (χ1) is 12.2. The molecule has 25 heavy (non-hydrogen) atoms. The molecule has 0 aliphatic heterocycles. The van der Waals surface area contributed by atoms with E-state index in [-0.39, 0.29) is 6.04 Å². The van der Waals surface area contributed by atoms with Crippen LogP contribution in [-0.2, 0) is 4.79 Å². The third kappa shape index (κ3) is 2.89. The summed E-state index contributed by atoms with van der Waals surface area (Å²) in [4.78, 5) is 25.2. The Morgan fingerprint density at radius 2 is 1.88 bits per heavy atom. The molecule has 0 atom stereocenters. The Kier molecular flexibility index (Phi) is 3.76. The fourth-order valence-corrected chi connectivity index (χ4v) is 2.93. The van der Waals surface area contributed by atoms with Crippen molar-refractivity contribution in [1.29, 1.82) is 0 Å². The minimum Gasteiger partial charge on any atom is -0.497 e. The predicted octanol–water partition coefficient (Wildman–Crippen LogP) is 3.08. The van der Waals surface area contributed by atoms with Crippen LogP contribution < -0.4 is 10.1 Å². The van der Waals surface area contributed by atoms with Crippen LogP contribution in [-0.4, -0.2) is 29.2 Å². The zero-order valence-electron chi connectivity index (χ0n) is 13.9. The molecule has 126 valence electrons. The minimum atomic E-state index is -0.541. The molecule has 0 saturated heterocycles. The van der Waals surface area contributed by atoms with E-state index in [9.17, 15) is 9.59 Å². The molecule has 0 radical (unpaired) electrons. The van der Waals surface area contributed by atoms with E-state index in [0.29, 0.717) is 5.69 Å². The van der Waals surface area contributed by atoms with Crippen LogP contribution >= 0.6 is 0 Å². The average molecular weight is 334 g/mol. The van der Waals surface area contributed by atoms with E-state index < -0.39 is 11.7 Å². The number of carbonyl (C=O) groups excluding carboxylic acids is 2. The second-order valence-electron chi connectivity index (χ2n) is 6.21. The van der Waals surface area contributed by atoms with Crippen LogP contribution in [0.1, 0.15) is 23.3 Å². The highest BCUT2D eigenvalue weighted by atomic mass is 16.5. The maximum atomic E-state index is 12.8. The number of hydrogen-bond donors (Lipinski definition) is 1. The number of pyridine rings is 1. The average Bonchev–Trinajstić information content (AvgIpc) is 3.38. The third-order valence-corrected chi connectivity index (χ3v) is 4.41. The predicted molar refractivity (Wildman–Crippen MR) is 94.9 cm³/mol. The van der Waals surface area contributed by atoms with E-state index in [0.717, 1.165) is 35.2 Å². The Morgan fingerprint density at radius 3 is 2.56 bits per heavy atom. The summed E-state index contributed by atoms with van der Waals surface area (Å²) in [5.41, 5.74) is 2.87. The molecule has 4 rings (SSSR count). The molecule has 2 heterocycles. The van der Waals surface area contributed by atoms with Gasteiger partial charge in [0.2, 0.25) is 0 Å². The van der Waals surface area contributed by atoms with E-state index in [1.165, 1.54) is 0 Å². The molecule has 5 heteroatoms. The van der Waals surface area contributed by atoms with Gasteiger partial charge in [-0.3, -0.25) is 9.59 Å². The SMILES string of the molecule is COc1ccc(-c2cc3ccccn3c2C(=O)C(=O)NC2CC2)cc1. The normalized spacial score (nSPS) is 13.6. The maximum Gasteiger partial charge on any atom is 0.294 e. The van der Waals surface area contributed by atoms with Crippen molar-refractivity contribution >= 4 is 17.2 Å². The van der Waals surface area contributed by atoms with E-state index in [1.807, 2.05) is 48.5 Å². The highest BCUT2D eigenvalue weighted by Gasteiger charge is 2.30. The summed E-state index contributed by atoms with van der Waals surface area (Å²) in [7, 11) is 1.61. The number of carbonyl (C=O) groups is 2. The van der Waals surface area contributed by atoms with Gasteiger partial charge in [-0.1, -0.05) is 18.2 Å². The number of amides is 1. The Balaban J connectivity index is 1.82. The van der Waals surface area contributed by atoms with Gasteiger partial charge >= 0.3 is 0 Å².